The van der Waals surface area contributed by atoms with Crippen LogP contribution in [-0.4, -0.2) is 49.0 Å². The number of methoxy groups -OCH3 is 1. The molecule has 1 aromatic rings. The van der Waals surface area contributed by atoms with Crippen LogP contribution < -0.4 is 15.8 Å². The molecule has 1 N–H and O–H groups in total. The number of rotatable bonds is 3. The summed E-state index contributed by atoms with van der Waals surface area (Å²) in [5.41, 5.74) is 0.123. The van der Waals surface area contributed by atoms with E-state index in [1.165, 1.54) is 13.3 Å². The molecule has 19 heavy (non-hydrogen) atoms. The number of carbonyl (C=O) groups is 1. The number of piperazine rings is 1. The number of nitrogens with zero attached hydrogens (tertiary/aromatic N) is 3. The average molecular weight is 287 g/mol. The SMILES string of the molecule is COC(=O)Cn1ncc(N2CCNCC2)c(Cl)c1=O. The predicted octanol–water partition coefficient (Wildman–Crippen LogP) is -0.521. The number of ether oxygens (including phenoxy) is 1. The van der Waals surface area contributed by atoms with Crippen LogP contribution in [0.5, 0.6) is 0 Å². The van der Waals surface area contributed by atoms with E-state index in [-0.39, 0.29) is 11.6 Å². The Labute approximate surface area is 115 Å². The van der Waals surface area contributed by atoms with Gasteiger partial charge in [0.25, 0.3) is 5.56 Å². The molecule has 8 heteroatoms. The number of aromatic nitrogens is 2. The Bertz CT molecular complexity index is 525. The molecule has 0 unspecified atom stereocenters. The molecule has 104 valence electrons. The third-order valence-electron chi connectivity index (χ3n) is 2.93. The highest BCUT2D eigenvalue weighted by molar-refractivity contribution is 6.33. The van der Waals surface area contributed by atoms with Gasteiger partial charge in [-0.2, -0.15) is 5.10 Å². The first-order valence-electron chi connectivity index (χ1n) is 5.91. The van der Waals surface area contributed by atoms with Crippen molar-refractivity contribution in [2.75, 3.05) is 38.2 Å². The molecule has 0 atom stereocenters. The summed E-state index contributed by atoms with van der Waals surface area (Å²) < 4.78 is 5.50. The standard InChI is InChI=1S/C11H15ClN4O3/c1-19-9(17)7-16-11(18)10(12)8(6-14-16)15-4-2-13-3-5-15/h6,13H,2-5,7H2,1H3. The summed E-state index contributed by atoms with van der Waals surface area (Å²) in [6, 6.07) is 0. The zero-order valence-electron chi connectivity index (χ0n) is 10.6. The van der Waals surface area contributed by atoms with E-state index >= 15 is 0 Å². The Hall–Kier alpha value is -1.60. The quantitative estimate of drug-likeness (QED) is 0.754. The van der Waals surface area contributed by atoms with Gasteiger partial charge in [0.05, 0.1) is 19.0 Å². The highest BCUT2D eigenvalue weighted by atomic mass is 35.5. The zero-order chi connectivity index (χ0) is 13.8. The molecule has 1 saturated heterocycles. The van der Waals surface area contributed by atoms with Gasteiger partial charge in [0.1, 0.15) is 11.6 Å². The van der Waals surface area contributed by atoms with Gasteiger partial charge in [-0.3, -0.25) is 9.59 Å². The minimum atomic E-state index is -0.541. The molecule has 0 saturated carbocycles. The van der Waals surface area contributed by atoms with E-state index in [9.17, 15) is 9.59 Å². The molecule has 1 aliphatic rings. The summed E-state index contributed by atoms with van der Waals surface area (Å²) in [7, 11) is 1.25. The number of carbonyl (C=O) groups excluding carboxylic acids is 1. The van der Waals surface area contributed by atoms with Gasteiger partial charge in [0.2, 0.25) is 0 Å². The number of esters is 1. The zero-order valence-corrected chi connectivity index (χ0v) is 11.3. The van der Waals surface area contributed by atoms with E-state index in [1.54, 1.807) is 0 Å². The van der Waals surface area contributed by atoms with E-state index in [0.717, 1.165) is 30.9 Å². The lowest BCUT2D eigenvalue weighted by Gasteiger charge is -2.29. The van der Waals surface area contributed by atoms with Gasteiger partial charge in [0.15, 0.2) is 0 Å². The van der Waals surface area contributed by atoms with Crippen LogP contribution in [0.2, 0.25) is 5.02 Å². The molecular weight excluding hydrogens is 272 g/mol. The average Bonchev–Trinajstić information content (AvgIpc) is 2.45. The summed E-state index contributed by atoms with van der Waals surface area (Å²) >= 11 is 6.07. The van der Waals surface area contributed by atoms with Crippen LogP contribution >= 0.6 is 11.6 Å². The van der Waals surface area contributed by atoms with E-state index in [0.29, 0.717) is 5.69 Å². The van der Waals surface area contributed by atoms with Gasteiger partial charge >= 0.3 is 5.97 Å². The van der Waals surface area contributed by atoms with Crippen molar-refractivity contribution in [2.24, 2.45) is 0 Å². The van der Waals surface area contributed by atoms with Crippen LogP contribution in [0.1, 0.15) is 0 Å². The fourth-order valence-corrected chi connectivity index (χ4v) is 2.15. The Morgan fingerprint density at radius 1 is 1.53 bits per heavy atom. The molecule has 0 radical (unpaired) electrons. The summed E-state index contributed by atoms with van der Waals surface area (Å²) in [4.78, 5) is 25.1. The van der Waals surface area contributed by atoms with Gasteiger partial charge in [-0.25, -0.2) is 4.68 Å². The van der Waals surface area contributed by atoms with Crippen molar-refractivity contribution in [1.29, 1.82) is 0 Å². The molecule has 1 aliphatic heterocycles. The van der Waals surface area contributed by atoms with Crippen LogP contribution in [0.25, 0.3) is 0 Å². The molecule has 7 nitrogen and oxygen atoms in total. The smallest absolute Gasteiger partial charge is 0.327 e. The third kappa shape index (κ3) is 3.05. The van der Waals surface area contributed by atoms with Gasteiger partial charge in [0, 0.05) is 26.2 Å². The molecule has 1 aromatic heterocycles. The topological polar surface area (TPSA) is 76.5 Å². The monoisotopic (exact) mass is 286 g/mol. The fraction of sp³-hybridized carbons (Fsp3) is 0.545. The second-order valence-electron chi connectivity index (χ2n) is 4.12. The van der Waals surface area contributed by atoms with Crippen LogP contribution in [-0.2, 0) is 16.1 Å². The number of nitrogens with one attached hydrogen (secondary N) is 1. The number of anilines is 1. The van der Waals surface area contributed by atoms with Gasteiger partial charge < -0.3 is 15.0 Å². The molecule has 1 fully saturated rings. The van der Waals surface area contributed by atoms with Crippen LogP contribution in [0, 0.1) is 0 Å². The van der Waals surface area contributed by atoms with Crippen molar-refractivity contribution in [3.63, 3.8) is 0 Å². The summed E-state index contributed by atoms with van der Waals surface area (Å²) in [5, 5.41) is 7.26. The largest absolute Gasteiger partial charge is 0.468 e. The molecule has 0 aromatic carbocycles. The normalized spacial score (nSPS) is 15.4. The molecule has 0 aliphatic carbocycles. The Balaban J connectivity index is 2.26. The van der Waals surface area contributed by atoms with Crippen LogP contribution in [0.3, 0.4) is 0 Å². The van der Waals surface area contributed by atoms with Crippen molar-refractivity contribution >= 4 is 23.3 Å². The first-order valence-corrected chi connectivity index (χ1v) is 6.29. The highest BCUT2D eigenvalue weighted by Gasteiger charge is 2.18. The Kier molecular flexibility index (Phi) is 4.39. The van der Waals surface area contributed by atoms with Crippen molar-refractivity contribution in [2.45, 2.75) is 6.54 Å². The number of halogens is 1. The molecule has 0 amide bonds. The minimum Gasteiger partial charge on any atom is -0.468 e. The van der Waals surface area contributed by atoms with E-state index in [1.807, 2.05) is 4.90 Å². The maximum Gasteiger partial charge on any atom is 0.327 e. The van der Waals surface area contributed by atoms with Crippen molar-refractivity contribution < 1.29 is 9.53 Å². The highest BCUT2D eigenvalue weighted by Crippen LogP contribution is 2.20. The van der Waals surface area contributed by atoms with Crippen molar-refractivity contribution in [3.05, 3.63) is 21.6 Å². The first kappa shape index (κ1) is 13.8. The maximum atomic E-state index is 12.0. The maximum absolute atomic E-state index is 12.0. The summed E-state index contributed by atoms with van der Waals surface area (Å²) in [6.07, 6.45) is 1.51. The molecule has 0 bridgehead atoms. The summed E-state index contributed by atoms with van der Waals surface area (Å²) in [5.74, 6) is -0.541. The first-order chi connectivity index (χ1) is 9.13. The third-order valence-corrected chi connectivity index (χ3v) is 3.29. The Morgan fingerprint density at radius 2 is 2.21 bits per heavy atom. The van der Waals surface area contributed by atoms with Gasteiger partial charge in [-0.1, -0.05) is 11.6 Å². The van der Waals surface area contributed by atoms with E-state index in [2.05, 4.69) is 15.2 Å². The summed E-state index contributed by atoms with van der Waals surface area (Å²) in [6.45, 7) is 2.96. The molecule has 0 spiro atoms. The number of hydrogen-bond donors (Lipinski definition) is 1. The predicted molar refractivity (Wildman–Crippen MR) is 70.6 cm³/mol. The lowest BCUT2D eigenvalue weighted by Crippen LogP contribution is -2.44. The lowest BCUT2D eigenvalue weighted by atomic mass is 10.3. The van der Waals surface area contributed by atoms with Crippen molar-refractivity contribution in [3.8, 4) is 0 Å². The fourth-order valence-electron chi connectivity index (χ4n) is 1.88. The number of hydrogen-bond acceptors (Lipinski definition) is 6. The molecular formula is C11H15ClN4O3. The minimum absolute atomic E-state index is 0.0841. The molecule has 2 heterocycles. The van der Waals surface area contributed by atoms with Crippen LogP contribution in [0.15, 0.2) is 11.0 Å². The van der Waals surface area contributed by atoms with E-state index in [4.69, 9.17) is 11.6 Å². The Morgan fingerprint density at radius 3 is 2.84 bits per heavy atom. The van der Waals surface area contributed by atoms with Gasteiger partial charge in [-0.05, 0) is 0 Å². The lowest BCUT2D eigenvalue weighted by molar-refractivity contribution is -0.141. The van der Waals surface area contributed by atoms with Gasteiger partial charge in [-0.15, -0.1) is 0 Å². The second-order valence-corrected chi connectivity index (χ2v) is 4.50. The second kappa shape index (κ2) is 6.03. The van der Waals surface area contributed by atoms with Crippen LogP contribution in [0.4, 0.5) is 5.69 Å². The molecule has 2 rings (SSSR count). The van der Waals surface area contributed by atoms with E-state index < -0.39 is 11.5 Å². The van der Waals surface area contributed by atoms with Crippen molar-refractivity contribution in [1.82, 2.24) is 15.1 Å².